The van der Waals surface area contributed by atoms with Crippen LogP contribution in [0.1, 0.15) is 11.1 Å². The molecular weight excluding hydrogens is 603 g/mol. The van der Waals surface area contributed by atoms with Gasteiger partial charge >= 0.3 is 6.03 Å². The maximum Gasteiger partial charge on any atom is 0.335 e. The Bertz CT molecular complexity index is 1530. The van der Waals surface area contributed by atoms with Crippen LogP contribution in [0.2, 0.25) is 10.0 Å². The molecule has 1 N–H and O–H groups in total. The number of rotatable bonds is 6. The van der Waals surface area contributed by atoms with Crippen molar-refractivity contribution in [1.82, 2.24) is 5.32 Å². The maximum atomic E-state index is 13.3. The number of benzene rings is 3. The second-order valence-electron chi connectivity index (χ2n) is 8.04. The molecule has 3 aromatic carbocycles. The van der Waals surface area contributed by atoms with Crippen molar-refractivity contribution < 1.29 is 33.3 Å². The highest BCUT2D eigenvalue weighted by Crippen LogP contribution is 2.38. The summed E-state index contributed by atoms with van der Waals surface area (Å²) in [6.45, 7) is 0.178. The fourth-order valence-corrected chi connectivity index (χ4v) is 4.70. The van der Waals surface area contributed by atoms with Gasteiger partial charge in [0.25, 0.3) is 11.8 Å². The van der Waals surface area contributed by atoms with E-state index in [1.54, 1.807) is 36.4 Å². The summed E-state index contributed by atoms with van der Waals surface area (Å²) in [6.07, 6.45) is 1.36. The van der Waals surface area contributed by atoms with Gasteiger partial charge in [-0.1, -0.05) is 45.2 Å². The van der Waals surface area contributed by atoms with E-state index in [0.29, 0.717) is 43.1 Å². The average Bonchev–Trinajstić information content (AvgIpc) is 3.35. The van der Waals surface area contributed by atoms with Gasteiger partial charge < -0.3 is 18.9 Å². The van der Waals surface area contributed by atoms with Crippen LogP contribution in [0.15, 0.2) is 58.6 Å². The Labute approximate surface area is 234 Å². The van der Waals surface area contributed by atoms with E-state index in [1.807, 2.05) is 0 Å². The molecule has 4 amide bonds. The number of nitrogens with one attached hydrogen (secondary N) is 1. The minimum atomic E-state index is -0.878. The molecule has 0 aromatic heterocycles. The number of hydrogen-bond acceptors (Lipinski definition) is 7. The normalized spacial score (nSPS) is 15.6. The molecule has 9 nitrogen and oxygen atoms in total. The van der Waals surface area contributed by atoms with E-state index in [4.69, 9.17) is 42.1 Å². The van der Waals surface area contributed by atoms with Gasteiger partial charge in [-0.3, -0.25) is 14.9 Å². The lowest BCUT2D eigenvalue weighted by Crippen LogP contribution is -2.54. The topological polar surface area (TPSA) is 103 Å². The fourth-order valence-electron chi connectivity index (χ4n) is 3.80. The zero-order valence-electron chi connectivity index (χ0n) is 19.5. The molecule has 0 radical (unpaired) electrons. The first kappa shape index (κ1) is 25.9. The van der Waals surface area contributed by atoms with Crippen molar-refractivity contribution in [2.75, 3.05) is 18.8 Å². The quantitative estimate of drug-likeness (QED) is 0.277. The first-order valence-corrected chi connectivity index (χ1v) is 12.6. The first-order valence-electron chi connectivity index (χ1n) is 11.0. The molecule has 2 aliphatic rings. The number of nitrogens with zero attached hydrogens (tertiary/aromatic N) is 1. The SMILES string of the molecule is COc1cc(/C=C2\C(=O)NC(=O)N(c3ccc4c(c3)OCO4)C2=O)c(Br)cc1OCc1ccc(Cl)cc1Cl. The number of amides is 4. The van der Waals surface area contributed by atoms with E-state index in [2.05, 4.69) is 21.2 Å². The Morgan fingerprint density at radius 1 is 1.03 bits per heavy atom. The molecule has 194 valence electrons. The standard InChI is InChI=1S/C26H17BrCl2N2O7/c1-35-21-7-14(18(27)10-23(21)36-11-13-2-3-15(28)8-19(13)29)6-17-24(32)30-26(34)31(25(17)33)16-4-5-20-22(9-16)38-12-37-20/h2-10H,11-12H2,1H3,(H,30,32,34)/b17-6+. The zero-order valence-corrected chi connectivity index (χ0v) is 22.6. The van der Waals surface area contributed by atoms with Crippen LogP contribution in [0, 0.1) is 0 Å². The number of fused-ring (bicyclic) bond motifs is 1. The second kappa shape index (κ2) is 10.6. The molecule has 0 atom stereocenters. The number of anilines is 1. The van der Waals surface area contributed by atoms with Gasteiger partial charge in [0.1, 0.15) is 12.2 Å². The van der Waals surface area contributed by atoms with Crippen LogP contribution >= 0.6 is 39.1 Å². The van der Waals surface area contributed by atoms with Crippen LogP contribution in [0.3, 0.4) is 0 Å². The van der Waals surface area contributed by atoms with E-state index < -0.39 is 17.8 Å². The Kier molecular flexibility index (Phi) is 7.20. The summed E-state index contributed by atoms with van der Waals surface area (Å²) < 4.78 is 22.5. The van der Waals surface area contributed by atoms with Crippen molar-refractivity contribution in [2.24, 2.45) is 0 Å². The number of barbiturate groups is 1. The molecular formula is C26H17BrCl2N2O7. The van der Waals surface area contributed by atoms with Gasteiger partial charge in [-0.25, -0.2) is 9.69 Å². The number of carbonyl (C=O) groups is 3. The third kappa shape index (κ3) is 5.02. The molecule has 0 aliphatic carbocycles. The van der Waals surface area contributed by atoms with Gasteiger partial charge in [0.05, 0.1) is 12.8 Å². The van der Waals surface area contributed by atoms with Crippen molar-refractivity contribution in [2.45, 2.75) is 6.61 Å². The monoisotopic (exact) mass is 618 g/mol. The zero-order chi connectivity index (χ0) is 27.0. The van der Waals surface area contributed by atoms with E-state index >= 15 is 0 Å². The Morgan fingerprint density at radius 3 is 2.58 bits per heavy atom. The number of methoxy groups -OCH3 is 1. The lowest BCUT2D eigenvalue weighted by Gasteiger charge is -2.26. The first-order chi connectivity index (χ1) is 18.2. The Hall–Kier alpha value is -3.73. The van der Waals surface area contributed by atoms with Crippen LogP contribution < -0.4 is 29.2 Å². The number of ether oxygens (including phenoxy) is 4. The van der Waals surface area contributed by atoms with Gasteiger partial charge in [0.2, 0.25) is 6.79 Å². The number of carbonyl (C=O) groups excluding carboxylic acids is 3. The van der Waals surface area contributed by atoms with Crippen molar-refractivity contribution in [1.29, 1.82) is 0 Å². The predicted molar refractivity (Wildman–Crippen MR) is 143 cm³/mol. The number of halogens is 3. The van der Waals surface area contributed by atoms with E-state index in [9.17, 15) is 14.4 Å². The third-order valence-corrected chi connectivity index (χ3v) is 6.97. The molecule has 3 aromatic rings. The maximum absolute atomic E-state index is 13.3. The second-order valence-corrected chi connectivity index (χ2v) is 9.74. The molecule has 0 spiro atoms. The molecule has 5 rings (SSSR count). The summed E-state index contributed by atoms with van der Waals surface area (Å²) >= 11 is 15.6. The summed E-state index contributed by atoms with van der Waals surface area (Å²) in [5.41, 5.74) is 1.12. The molecule has 1 saturated heterocycles. The molecule has 0 saturated carbocycles. The summed E-state index contributed by atoms with van der Waals surface area (Å²) in [6, 6.07) is 12.0. The van der Waals surface area contributed by atoms with Crippen LogP contribution in [0.4, 0.5) is 10.5 Å². The molecule has 1 fully saturated rings. The van der Waals surface area contributed by atoms with Crippen molar-refractivity contribution >= 4 is 68.7 Å². The minimum Gasteiger partial charge on any atom is -0.493 e. The molecule has 0 bridgehead atoms. The third-order valence-electron chi connectivity index (χ3n) is 5.70. The van der Waals surface area contributed by atoms with E-state index in [-0.39, 0.29) is 24.7 Å². The number of urea groups is 1. The lowest BCUT2D eigenvalue weighted by molar-refractivity contribution is -0.122. The van der Waals surface area contributed by atoms with Gasteiger partial charge in [-0.2, -0.15) is 0 Å². The number of imide groups is 2. The van der Waals surface area contributed by atoms with Gasteiger partial charge in [-0.05, 0) is 48.0 Å². The van der Waals surface area contributed by atoms with Crippen molar-refractivity contribution in [3.8, 4) is 23.0 Å². The molecule has 38 heavy (non-hydrogen) atoms. The predicted octanol–water partition coefficient (Wildman–Crippen LogP) is 5.74. The van der Waals surface area contributed by atoms with Gasteiger partial charge in [0.15, 0.2) is 23.0 Å². The van der Waals surface area contributed by atoms with Gasteiger partial charge in [-0.15, -0.1) is 0 Å². The van der Waals surface area contributed by atoms with Crippen LogP contribution in [0.5, 0.6) is 23.0 Å². The Balaban J connectivity index is 1.43. The largest absolute Gasteiger partial charge is 0.493 e. The van der Waals surface area contributed by atoms with Crippen LogP contribution in [-0.2, 0) is 16.2 Å². The number of hydrogen-bond donors (Lipinski definition) is 1. The summed E-state index contributed by atoms with van der Waals surface area (Å²) in [7, 11) is 1.46. The minimum absolute atomic E-state index is 0.0326. The van der Waals surface area contributed by atoms with E-state index in [0.717, 1.165) is 10.5 Å². The Morgan fingerprint density at radius 2 is 1.82 bits per heavy atom. The molecule has 2 heterocycles. The highest BCUT2D eigenvalue weighted by molar-refractivity contribution is 9.10. The highest BCUT2D eigenvalue weighted by Gasteiger charge is 2.37. The lowest BCUT2D eigenvalue weighted by atomic mass is 10.1. The van der Waals surface area contributed by atoms with E-state index in [1.165, 1.54) is 25.3 Å². The van der Waals surface area contributed by atoms with Gasteiger partial charge in [0, 0.05) is 26.1 Å². The fraction of sp³-hybridized carbons (Fsp3) is 0.115. The summed E-state index contributed by atoms with van der Waals surface area (Å²) in [5.74, 6) is -0.0287. The smallest absolute Gasteiger partial charge is 0.335 e. The van der Waals surface area contributed by atoms with Crippen LogP contribution in [0.25, 0.3) is 6.08 Å². The molecule has 2 aliphatic heterocycles. The van der Waals surface area contributed by atoms with Crippen LogP contribution in [-0.4, -0.2) is 31.7 Å². The molecule has 0 unspecified atom stereocenters. The van der Waals surface area contributed by atoms with Crippen molar-refractivity contribution in [3.63, 3.8) is 0 Å². The molecule has 12 heteroatoms. The summed E-state index contributed by atoms with van der Waals surface area (Å²) in [4.78, 5) is 39.4. The van der Waals surface area contributed by atoms with Crippen molar-refractivity contribution in [3.05, 3.63) is 79.7 Å². The summed E-state index contributed by atoms with van der Waals surface area (Å²) in [5, 5.41) is 3.17. The average molecular weight is 620 g/mol. The highest BCUT2D eigenvalue weighted by atomic mass is 79.9.